The summed E-state index contributed by atoms with van der Waals surface area (Å²) in [5, 5.41) is 5.10. The number of hydrogen-bond donors (Lipinski definition) is 2. The van der Waals surface area contributed by atoms with Gasteiger partial charge in [0.05, 0.1) is 5.54 Å². The molecule has 2 aromatic rings. The van der Waals surface area contributed by atoms with Crippen molar-refractivity contribution in [3.63, 3.8) is 0 Å². The predicted octanol–water partition coefficient (Wildman–Crippen LogP) is 3.68. The van der Waals surface area contributed by atoms with E-state index in [0.29, 0.717) is 12.2 Å². The molecule has 2 N–H and O–H groups in total. The maximum absolute atomic E-state index is 12.6. The Kier molecular flexibility index (Phi) is 3.33. The molecular weight excluding hydrogens is 272 g/mol. The van der Waals surface area contributed by atoms with Crippen LogP contribution in [0.1, 0.15) is 50.3 Å². The van der Waals surface area contributed by atoms with E-state index in [4.69, 9.17) is 0 Å². The highest BCUT2D eigenvalue weighted by Gasteiger charge is 2.48. The van der Waals surface area contributed by atoms with E-state index in [0.717, 1.165) is 25.8 Å². The third-order valence-corrected chi connectivity index (χ3v) is 5.72. The van der Waals surface area contributed by atoms with Crippen LogP contribution in [0.25, 0.3) is 10.9 Å². The number of H-pyrrole nitrogens is 1. The highest BCUT2D eigenvalue weighted by Crippen LogP contribution is 2.46. The van der Waals surface area contributed by atoms with Gasteiger partial charge in [-0.15, -0.1) is 0 Å². The number of benzene rings is 1. The Bertz CT molecular complexity index is 717. The van der Waals surface area contributed by atoms with Crippen LogP contribution in [0.2, 0.25) is 0 Å². The number of aromatic amines is 1. The number of aromatic nitrogens is 1. The van der Waals surface area contributed by atoms with Crippen LogP contribution in [0.3, 0.4) is 0 Å². The molecule has 3 nitrogen and oxygen atoms in total. The lowest BCUT2D eigenvalue weighted by molar-refractivity contribution is -0.127. The molecule has 1 fully saturated rings. The molecule has 2 unspecified atom stereocenters. The summed E-state index contributed by atoms with van der Waals surface area (Å²) in [5.41, 5.74) is 3.79. The number of nitrogens with one attached hydrogen (secondary N) is 2. The number of carbonyl (C=O) groups is 1. The molecule has 1 spiro atoms. The van der Waals surface area contributed by atoms with Gasteiger partial charge >= 0.3 is 0 Å². The van der Waals surface area contributed by atoms with Gasteiger partial charge in [-0.3, -0.25) is 4.79 Å². The molecule has 1 aromatic carbocycles. The van der Waals surface area contributed by atoms with E-state index in [9.17, 15) is 4.79 Å². The van der Waals surface area contributed by atoms with Crippen molar-refractivity contribution in [3.05, 3.63) is 35.5 Å². The second-order valence-electron chi connectivity index (χ2n) is 6.79. The van der Waals surface area contributed by atoms with Crippen LogP contribution in [0.5, 0.6) is 0 Å². The van der Waals surface area contributed by atoms with Crippen molar-refractivity contribution in [1.29, 1.82) is 0 Å². The number of Topliss-reactive ketones (excluding diaryl/α,β-unsaturated/α-hetero) is 1. The van der Waals surface area contributed by atoms with E-state index in [1.165, 1.54) is 35.0 Å². The quantitative estimate of drug-likeness (QED) is 0.888. The van der Waals surface area contributed by atoms with Gasteiger partial charge in [-0.05, 0) is 30.9 Å². The summed E-state index contributed by atoms with van der Waals surface area (Å²) >= 11 is 0. The van der Waals surface area contributed by atoms with Crippen molar-refractivity contribution in [2.45, 2.75) is 51.0 Å². The first-order valence-corrected chi connectivity index (χ1v) is 8.64. The Balaban J connectivity index is 1.91. The van der Waals surface area contributed by atoms with Crippen LogP contribution >= 0.6 is 0 Å². The molecule has 1 aliphatic carbocycles. The first-order chi connectivity index (χ1) is 10.8. The summed E-state index contributed by atoms with van der Waals surface area (Å²) in [6.45, 7) is 2.97. The summed E-state index contributed by atoms with van der Waals surface area (Å²) in [4.78, 5) is 16.3. The van der Waals surface area contributed by atoms with Crippen LogP contribution in [0.4, 0.5) is 0 Å². The van der Waals surface area contributed by atoms with Gasteiger partial charge < -0.3 is 10.3 Å². The van der Waals surface area contributed by atoms with Crippen molar-refractivity contribution >= 4 is 16.7 Å². The van der Waals surface area contributed by atoms with E-state index >= 15 is 0 Å². The Morgan fingerprint density at radius 3 is 3.05 bits per heavy atom. The molecule has 4 rings (SSSR count). The molecule has 116 valence electrons. The third-order valence-electron chi connectivity index (χ3n) is 5.72. The Morgan fingerprint density at radius 2 is 2.18 bits per heavy atom. The second kappa shape index (κ2) is 5.24. The average molecular weight is 296 g/mol. The molecule has 0 bridgehead atoms. The van der Waals surface area contributed by atoms with Crippen molar-refractivity contribution in [3.8, 4) is 0 Å². The summed E-state index contributed by atoms with van der Waals surface area (Å²) in [5.74, 6) is 0.539. The van der Waals surface area contributed by atoms with Crippen molar-refractivity contribution in [2.75, 3.05) is 6.54 Å². The van der Waals surface area contributed by atoms with Crippen molar-refractivity contribution < 1.29 is 4.79 Å². The lowest BCUT2D eigenvalue weighted by atomic mass is 9.66. The SMILES string of the molecule is CCC(=O)C1CCCCC12NCCc1c2[nH]c2ccccc12. The molecule has 3 heteroatoms. The Labute approximate surface area is 131 Å². The lowest BCUT2D eigenvalue weighted by Crippen LogP contribution is -2.56. The van der Waals surface area contributed by atoms with Crippen LogP contribution in [-0.2, 0) is 16.8 Å². The molecule has 0 radical (unpaired) electrons. The molecule has 2 atom stereocenters. The van der Waals surface area contributed by atoms with Gasteiger partial charge in [-0.25, -0.2) is 0 Å². The van der Waals surface area contributed by atoms with Gasteiger partial charge in [0.1, 0.15) is 5.78 Å². The fourth-order valence-corrected chi connectivity index (χ4v) is 4.71. The van der Waals surface area contributed by atoms with Crippen LogP contribution < -0.4 is 5.32 Å². The van der Waals surface area contributed by atoms with Crippen LogP contribution in [0, 0.1) is 5.92 Å². The summed E-state index contributed by atoms with van der Waals surface area (Å²) < 4.78 is 0. The summed E-state index contributed by atoms with van der Waals surface area (Å²) in [7, 11) is 0. The fraction of sp³-hybridized carbons (Fsp3) is 0.526. The van der Waals surface area contributed by atoms with Crippen molar-refractivity contribution in [1.82, 2.24) is 10.3 Å². The Morgan fingerprint density at radius 1 is 1.32 bits per heavy atom. The predicted molar refractivity (Wildman–Crippen MR) is 88.9 cm³/mol. The molecule has 22 heavy (non-hydrogen) atoms. The van der Waals surface area contributed by atoms with Gasteiger partial charge in [0, 0.05) is 35.5 Å². The Hall–Kier alpha value is -1.61. The first-order valence-electron chi connectivity index (χ1n) is 8.64. The monoisotopic (exact) mass is 296 g/mol. The number of rotatable bonds is 2. The number of para-hydroxylation sites is 1. The summed E-state index contributed by atoms with van der Waals surface area (Å²) in [6.07, 6.45) is 6.17. The minimum absolute atomic E-state index is 0.123. The van der Waals surface area contributed by atoms with Gasteiger partial charge in [-0.2, -0.15) is 0 Å². The minimum Gasteiger partial charge on any atom is -0.357 e. The van der Waals surface area contributed by atoms with E-state index in [2.05, 4.69) is 34.6 Å². The normalized spacial score (nSPS) is 28.0. The van der Waals surface area contributed by atoms with Gasteiger partial charge in [0.25, 0.3) is 0 Å². The maximum atomic E-state index is 12.6. The average Bonchev–Trinajstić information content (AvgIpc) is 2.95. The smallest absolute Gasteiger partial charge is 0.137 e. The van der Waals surface area contributed by atoms with Crippen LogP contribution in [0.15, 0.2) is 24.3 Å². The molecule has 0 saturated heterocycles. The van der Waals surface area contributed by atoms with Crippen LogP contribution in [-0.4, -0.2) is 17.3 Å². The first kappa shape index (κ1) is 14.0. The molecule has 1 aliphatic heterocycles. The standard InChI is InChI=1S/C19H24N2O/c1-2-17(22)15-8-5-6-11-19(15)18-14(10-12-20-19)13-7-3-4-9-16(13)21-18/h3-4,7,9,15,20-21H,2,5-6,8,10-12H2,1H3. The maximum Gasteiger partial charge on any atom is 0.137 e. The number of carbonyl (C=O) groups excluding carboxylic acids is 1. The number of fused-ring (bicyclic) bond motifs is 4. The second-order valence-corrected chi connectivity index (χ2v) is 6.79. The lowest BCUT2D eigenvalue weighted by Gasteiger charge is -2.46. The molecular formula is C19H24N2O. The van der Waals surface area contributed by atoms with Gasteiger partial charge in [-0.1, -0.05) is 38.0 Å². The fourth-order valence-electron chi connectivity index (χ4n) is 4.71. The van der Waals surface area contributed by atoms with Crippen molar-refractivity contribution in [2.24, 2.45) is 5.92 Å². The van der Waals surface area contributed by atoms with Gasteiger partial charge in [0.2, 0.25) is 0 Å². The molecule has 1 saturated carbocycles. The third kappa shape index (κ3) is 1.88. The minimum atomic E-state index is -0.155. The van der Waals surface area contributed by atoms with E-state index in [1.807, 2.05) is 6.92 Å². The summed E-state index contributed by atoms with van der Waals surface area (Å²) in [6, 6.07) is 8.56. The highest BCUT2D eigenvalue weighted by atomic mass is 16.1. The van der Waals surface area contributed by atoms with Gasteiger partial charge in [0.15, 0.2) is 0 Å². The van der Waals surface area contributed by atoms with E-state index < -0.39 is 0 Å². The zero-order chi connectivity index (χ0) is 15.2. The largest absolute Gasteiger partial charge is 0.357 e. The number of ketones is 1. The highest BCUT2D eigenvalue weighted by molar-refractivity contribution is 5.87. The van der Waals surface area contributed by atoms with E-state index in [-0.39, 0.29) is 11.5 Å². The zero-order valence-corrected chi connectivity index (χ0v) is 13.2. The molecule has 0 amide bonds. The zero-order valence-electron chi connectivity index (χ0n) is 13.2. The molecule has 2 heterocycles. The number of hydrogen-bond acceptors (Lipinski definition) is 2. The van der Waals surface area contributed by atoms with E-state index in [1.54, 1.807) is 0 Å². The molecule has 1 aromatic heterocycles. The molecule has 2 aliphatic rings. The topological polar surface area (TPSA) is 44.9 Å².